The Bertz CT molecular complexity index is 1110. The molecule has 3 saturated carbocycles. The Morgan fingerprint density at radius 2 is 1.79 bits per heavy atom. The van der Waals surface area contributed by atoms with Crippen LogP contribution in [0.2, 0.25) is 0 Å². The summed E-state index contributed by atoms with van der Waals surface area (Å²) in [5.41, 5.74) is 3.87. The maximum absolute atomic E-state index is 6.47. The van der Waals surface area contributed by atoms with Crippen molar-refractivity contribution >= 4 is 16.3 Å². The van der Waals surface area contributed by atoms with E-state index in [9.17, 15) is 0 Å². The van der Waals surface area contributed by atoms with Crippen LogP contribution in [0.3, 0.4) is 0 Å². The highest BCUT2D eigenvalue weighted by molar-refractivity contribution is 5.86. The molecule has 0 unspecified atom stereocenters. The lowest BCUT2D eigenvalue weighted by Gasteiger charge is -2.61. The van der Waals surface area contributed by atoms with E-state index < -0.39 is 0 Å². The standard InChI is InChI=1S/C32H43NO/c1-30(2,3)34-25-12-15-31(4)24(19-25)8-9-26-28-11-10-27(32(28,5)16-13-29(26)31)22-7-6-21-14-17-33-20-23(21)18-22/h6-7,10,14,17-18,20,24-26,28-29H,8-9,11-13,15-16,19H2,1-5H3/t24-,25+,26-,28-,29-,31-,32+/m0/s1. The molecule has 0 aliphatic heterocycles. The maximum atomic E-state index is 6.47. The predicted octanol–water partition coefficient (Wildman–Crippen LogP) is 8.45. The van der Waals surface area contributed by atoms with E-state index in [0.717, 1.165) is 23.7 Å². The summed E-state index contributed by atoms with van der Waals surface area (Å²) in [4.78, 5) is 4.38. The van der Waals surface area contributed by atoms with Gasteiger partial charge in [-0.05, 0) is 135 Å². The zero-order chi connectivity index (χ0) is 23.7. The third kappa shape index (κ3) is 3.58. The Kier molecular flexibility index (Phi) is 5.30. The van der Waals surface area contributed by atoms with Crippen LogP contribution in [0.15, 0.2) is 42.7 Å². The highest BCUT2D eigenvalue weighted by Gasteiger charge is 2.58. The predicted molar refractivity (Wildman–Crippen MR) is 141 cm³/mol. The van der Waals surface area contributed by atoms with Crippen LogP contribution < -0.4 is 0 Å². The molecule has 0 N–H and O–H groups in total. The first-order valence-electron chi connectivity index (χ1n) is 13.9. The maximum Gasteiger partial charge on any atom is 0.0602 e. The van der Waals surface area contributed by atoms with Crippen molar-refractivity contribution in [2.75, 3.05) is 0 Å². The summed E-state index contributed by atoms with van der Waals surface area (Å²) in [5.74, 6) is 3.44. The zero-order valence-electron chi connectivity index (χ0n) is 21.9. The number of fused-ring (bicyclic) bond motifs is 6. The van der Waals surface area contributed by atoms with Gasteiger partial charge in [0.15, 0.2) is 0 Å². The Balaban J connectivity index is 1.23. The number of allylic oxidation sites excluding steroid dienone is 2. The molecule has 7 atom stereocenters. The molecule has 182 valence electrons. The Labute approximate surface area is 206 Å². The van der Waals surface area contributed by atoms with Crippen LogP contribution in [0.25, 0.3) is 16.3 Å². The van der Waals surface area contributed by atoms with Gasteiger partial charge in [-0.15, -0.1) is 0 Å². The first-order chi connectivity index (χ1) is 16.2. The van der Waals surface area contributed by atoms with E-state index >= 15 is 0 Å². The third-order valence-electron chi connectivity index (χ3n) is 10.7. The smallest absolute Gasteiger partial charge is 0.0602 e. The first kappa shape index (κ1) is 22.8. The van der Waals surface area contributed by atoms with Crippen molar-refractivity contribution in [1.29, 1.82) is 0 Å². The van der Waals surface area contributed by atoms with E-state index in [0.29, 0.717) is 16.9 Å². The van der Waals surface area contributed by atoms with Gasteiger partial charge in [-0.2, -0.15) is 0 Å². The quantitative estimate of drug-likeness (QED) is 0.451. The molecule has 2 aromatic rings. The lowest BCUT2D eigenvalue weighted by molar-refractivity contribution is -0.148. The molecule has 6 rings (SSSR count). The number of benzene rings is 1. The van der Waals surface area contributed by atoms with Gasteiger partial charge < -0.3 is 4.74 Å². The summed E-state index contributed by atoms with van der Waals surface area (Å²) >= 11 is 0. The SMILES string of the molecule is CC(C)(C)O[C@@H]1CC[C@@]2(C)[C@@H](CC[C@@H]3[C@@H]2CC[C@]2(C)C(c4ccc5ccncc5c4)=CC[C@@H]32)C1. The molecular weight excluding hydrogens is 414 g/mol. The summed E-state index contributed by atoms with van der Waals surface area (Å²) in [7, 11) is 0. The van der Waals surface area contributed by atoms with E-state index in [-0.39, 0.29) is 5.60 Å². The molecule has 3 fully saturated rings. The van der Waals surface area contributed by atoms with Gasteiger partial charge in [-0.1, -0.05) is 32.1 Å². The third-order valence-corrected chi connectivity index (χ3v) is 10.7. The van der Waals surface area contributed by atoms with E-state index in [1.54, 1.807) is 5.57 Å². The molecular formula is C32H43NO. The van der Waals surface area contributed by atoms with Gasteiger partial charge in [0.25, 0.3) is 0 Å². The fourth-order valence-corrected chi connectivity index (χ4v) is 9.09. The van der Waals surface area contributed by atoms with Gasteiger partial charge in [-0.3, -0.25) is 4.98 Å². The largest absolute Gasteiger partial charge is 0.373 e. The van der Waals surface area contributed by atoms with Crippen LogP contribution in [0.4, 0.5) is 0 Å². The van der Waals surface area contributed by atoms with Crippen molar-refractivity contribution in [1.82, 2.24) is 4.98 Å². The Morgan fingerprint density at radius 3 is 2.62 bits per heavy atom. The molecule has 0 saturated heterocycles. The number of ether oxygens (including phenoxy) is 1. The lowest BCUT2D eigenvalue weighted by atomic mass is 9.44. The van der Waals surface area contributed by atoms with Gasteiger partial charge in [-0.25, -0.2) is 0 Å². The van der Waals surface area contributed by atoms with Gasteiger partial charge in [0, 0.05) is 17.8 Å². The normalized spacial score (nSPS) is 39.8. The van der Waals surface area contributed by atoms with E-state index in [4.69, 9.17) is 4.74 Å². The molecule has 1 aromatic heterocycles. The fourth-order valence-electron chi connectivity index (χ4n) is 9.09. The van der Waals surface area contributed by atoms with E-state index in [1.807, 2.05) is 12.4 Å². The van der Waals surface area contributed by atoms with Gasteiger partial charge in [0.2, 0.25) is 0 Å². The molecule has 34 heavy (non-hydrogen) atoms. The number of rotatable bonds is 2. The molecule has 2 heteroatoms. The average molecular weight is 458 g/mol. The molecule has 2 nitrogen and oxygen atoms in total. The highest BCUT2D eigenvalue weighted by atomic mass is 16.5. The van der Waals surface area contributed by atoms with Crippen molar-refractivity contribution in [2.45, 2.75) is 97.7 Å². The van der Waals surface area contributed by atoms with Crippen molar-refractivity contribution in [3.63, 3.8) is 0 Å². The van der Waals surface area contributed by atoms with Crippen molar-refractivity contribution in [3.05, 3.63) is 48.3 Å². The molecule has 4 aliphatic rings. The molecule has 0 radical (unpaired) electrons. The molecule has 0 spiro atoms. The number of aromatic nitrogens is 1. The van der Waals surface area contributed by atoms with Crippen molar-refractivity contribution in [2.24, 2.45) is 34.5 Å². The van der Waals surface area contributed by atoms with Crippen LogP contribution in [0.5, 0.6) is 0 Å². The van der Waals surface area contributed by atoms with Crippen LogP contribution in [0.1, 0.15) is 91.5 Å². The summed E-state index contributed by atoms with van der Waals surface area (Å²) in [6.45, 7) is 11.9. The zero-order valence-corrected chi connectivity index (χ0v) is 21.9. The van der Waals surface area contributed by atoms with E-state index in [2.05, 4.69) is 69.9 Å². The summed E-state index contributed by atoms with van der Waals surface area (Å²) in [5, 5.41) is 2.56. The minimum atomic E-state index is -0.0208. The number of nitrogens with zero attached hydrogens (tertiary/aromatic N) is 1. The molecule has 1 heterocycles. The van der Waals surface area contributed by atoms with Crippen LogP contribution in [0, 0.1) is 34.5 Å². The number of hydrogen-bond donors (Lipinski definition) is 0. The minimum absolute atomic E-state index is 0.0208. The topological polar surface area (TPSA) is 22.1 Å². The second-order valence-corrected chi connectivity index (χ2v) is 13.5. The van der Waals surface area contributed by atoms with Crippen LogP contribution in [-0.4, -0.2) is 16.7 Å². The lowest BCUT2D eigenvalue weighted by Crippen LogP contribution is -2.54. The van der Waals surface area contributed by atoms with E-state index in [1.165, 1.54) is 67.7 Å². The molecule has 0 bridgehead atoms. The molecule has 0 amide bonds. The second kappa shape index (κ2) is 7.92. The Hall–Kier alpha value is -1.67. The minimum Gasteiger partial charge on any atom is -0.373 e. The fraction of sp³-hybridized carbons (Fsp3) is 0.656. The summed E-state index contributed by atoms with van der Waals surface area (Å²) in [6.07, 6.45) is 17.8. The monoisotopic (exact) mass is 457 g/mol. The number of hydrogen-bond acceptors (Lipinski definition) is 2. The van der Waals surface area contributed by atoms with Gasteiger partial charge in [0.1, 0.15) is 0 Å². The summed E-state index contributed by atoms with van der Waals surface area (Å²) in [6, 6.07) is 9.17. The van der Waals surface area contributed by atoms with Crippen LogP contribution in [-0.2, 0) is 4.74 Å². The number of pyridine rings is 1. The molecule has 1 aromatic carbocycles. The van der Waals surface area contributed by atoms with Crippen molar-refractivity contribution < 1.29 is 4.74 Å². The van der Waals surface area contributed by atoms with Gasteiger partial charge in [0.05, 0.1) is 11.7 Å². The average Bonchev–Trinajstić information content (AvgIpc) is 3.15. The van der Waals surface area contributed by atoms with Crippen LogP contribution >= 0.6 is 0 Å². The van der Waals surface area contributed by atoms with Gasteiger partial charge >= 0.3 is 0 Å². The second-order valence-electron chi connectivity index (χ2n) is 13.5. The summed E-state index contributed by atoms with van der Waals surface area (Å²) < 4.78 is 6.47. The molecule has 4 aliphatic carbocycles. The van der Waals surface area contributed by atoms with Crippen molar-refractivity contribution in [3.8, 4) is 0 Å². The highest BCUT2D eigenvalue weighted by Crippen LogP contribution is 2.67. The first-order valence-corrected chi connectivity index (χ1v) is 13.9. The Morgan fingerprint density at radius 1 is 0.941 bits per heavy atom.